The summed E-state index contributed by atoms with van der Waals surface area (Å²) in [6.45, 7) is 7.66. The minimum atomic E-state index is -4.72. The Bertz CT molecular complexity index is 1900. The molecule has 1 fully saturated rings. The maximum atomic E-state index is 15.8. The van der Waals surface area contributed by atoms with Crippen LogP contribution in [0.5, 0.6) is 17.2 Å². The summed E-state index contributed by atoms with van der Waals surface area (Å²) < 4.78 is 86.3. The number of rotatable bonds is 11. The van der Waals surface area contributed by atoms with Gasteiger partial charge in [0, 0.05) is 54.3 Å². The van der Waals surface area contributed by atoms with E-state index in [2.05, 4.69) is 9.36 Å². The molecule has 0 unspecified atom stereocenters. The van der Waals surface area contributed by atoms with E-state index in [9.17, 15) is 13.2 Å². The van der Waals surface area contributed by atoms with Crippen LogP contribution in [0.25, 0.3) is 0 Å². The molecule has 1 aromatic heterocycles. The number of hydrogen-bond donors (Lipinski definition) is 0. The minimum absolute atomic E-state index is 0.0442. The molecule has 0 N–H and O–H groups in total. The summed E-state index contributed by atoms with van der Waals surface area (Å²) in [4.78, 5) is 17.7. The number of aryl methyl sites for hydroxylation is 1. The van der Waals surface area contributed by atoms with Gasteiger partial charge in [-0.2, -0.15) is 4.37 Å². The SMILES string of the molecule is COc1ccc(CN(c2ncns2)S(=O)(=O)c2cc(F)c(OC[C@@H]3CN(C(=O)OC(C)(C)C)CC[C@H]3c3ccc(C)cc3)cc2F)c(OC)c1. The third kappa shape index (κ3) is 8.44. The first-order chi connectivity index (χ1) is 23.7. The molecular weight excluding hydrogens is 691 g/mol. The fraction of sp³-hybridized carbons (Fsp3) is 0.400. The maximum Gasteiger partial charge on any atom is 0.410 e. The molecule has 0 spiro atoms. The molecule has 0 saturated carbocycles. The quantitative estimate of drug-likeness (QED) is 0.161. The van der Waals surface area contributed by atoms with Crippen LogP contribution in [0.2, 0.25) is 0 Å². The van der Waals surface area contributed by atoms with Crippen LogP contribution in [0, 0.1) is 24.5 Å². The number of ether oxygens (including phenoxy) is 4. The summed E-state index contributed by atoms with van der Waals surface area (Å²) in [7, 11) is -1.83. The minimum Gasteiger partial charge on any atom is -0.497 e. The van der Waals surface area contributed by atoms with Gasteiger partial charge in [-0.25, -0.2) is 31.3 Å². The summed E-state index contributed by atoms with van der Waals surface area (Å²) in [6.07, 6.45) is 1.30. The van der Waals surface area contributed by atoms with Crippen molar-refractivity contribution in [2.75, 3.05) is 38.2 Å². The number of anilines is 1. The Labute approximate surface area is 295 Å². The topological polar surface area (TPSA) is 120 Å². The molecule has 1 amide bonds. The molecule has 2 atom stereocenters. The third-order valence-corrected chi connectivity index (χ3v) is 10.8. The lowest BCUT2D eigenvalue weighted by molar-refractivity contribution is 0.0110. The van der Waals surface area contributed by atoms with Crippen molar-refractivity contribution in [1.29, 1.82) is 0 Å². The van der Waals surface area contributed by atoms with Crippen molar-refractivity contribution in [1.82, 2.24) is 14.3 Å². The fourth-order valence-electron chi connectivity index (χ4n) is 5.75. The lowest BCUT2D eigenvalue weighted by atomic mass is 9.80. The summed E-state index contributed by atoms with van der Waals surface area (Å²) in [6, 6.07) is 14.2. The van der Waals surface area contributed by atoms with Gasteiger partial charge in [0.25, 0.3) is 10.0 Å². The average Bonchev–Trinajstić information content (AvgIpc) is 3.61. The zero-order chi connectivity index (χ0) is 36.2. The van der Waals surface area contributed by atoms with Gasteiger partial charge in [-0.15, -0.1) is 0 Å². The number of carbonyl (C=O) groups is 1. The van der Waals surface area contributed by atoms with Crippen LogP contribution in [0.3, 0.4) is 0 Å². The predicted octanol–water partition coefficient (Wildman–Crippen LogP) is 6.96. The Morgan fingerprint density at radius 2 is 1.76 bits per heavy atom. The number of carbonyl (C=O) groups excluding carboxylic acids is 1. The second-order valence-corrected chi connectivity index (χ2v) is 15.5. The van der Waals surface area contributed by atoms with E-state index in [0.717, 1.165) is 33.0 Å². The number of methoxy groups -OCH3 is 2. The van der Waals surface area contributed by atoms with Gasteiger partial charge in [-0.1, -0.05) is 29.8 Å². The van der Waals surface area contributed by atoms with E-state index in [-0.39, 0.29) is 36.7 Å². The van der Waals surface area contributed by atoms with Crippen LogP contribution in [-0.2, 0) is 21.3 Å². The van der Waals surface area contributed by atoms with Crippen molar-refractivity contribution >= 4 is 32.8 Å². The number of halogens is 2. The van der Waals surface area contributed by atoms with Crippen molar-refractivity contribution < 1.29 is 40.9 Å². The van der Waals surface area contributed by atoms with Gasteiger partial charge in [0.15, 0.2) is 11.6 Å². The van der Waals surface area contributed by atoms with Gasteiger partial charge in [0.2, 0.25) is 5.13 Å². The van der Waals surface area contributed by atoms with Crippen molar-refractivity contribution in [2.24, 2.45) is 5.92 Å². The number of piperidine rings is 1. The zero-order valence-electron chi connectivity index (χ0n) is 28.7. The van der Waals surface area contributed by atoms with Gasteiger partial charge in [0.05, 0.1) is 27.4 Å². The first-order valence-corrected chi connectivity index (χ1v) is 18.1. The molecule has 50 heavy (non-hydrogen) atoms. The van der Waals surface area contributed by atoms with Crippen molar-refractivity contribution in [3.63, 3.8) is 0 Å². The molecule has 3 aromatic carbocycles. The van der Waals surface area contributed by atoms with Gasteiger partial charge < -0.3 is 23.8 Å². The fourth-order valence-corrected chi connectivity index (χ4v) is 7.94. The number of sulfonamides is 1. The number of amides is 1. The van der Waals surface area contributed by atoms with Crippen LogP contribution in [-0.4, -0.2) is 68.3 Å². The smallest absolute Gasteiger partial charge is 0.410 e. The predicted molar refractivity (Wildman–Crippen MR) is 185 cm³/mol. The first-order valence-electron chi connectivity index (χ1n) is 15.9. The average molecular weight is 731 g/mol. The van der Waals surface area contributed by atoms with E-state index in [1.807, 2.05) is 31.2 Å². The van der Waals surface area contributed by atoms with E-state index in [1.54, 1.807) is 43.9 Å². The second-order valence-electron chi connectivity index (χ2n) is 12.9. The highest BCUT2D eigenvalue weighted by atomic mass is 32.2. The Morgan fingerprint density at radius 3 is 2.40 bits per heavy atom. The van der Waals surface area contributed by atoms with E-state index in [1.165, 1.54) is 20.5 Å². The van der Waals surface area contributed by atoms with Crippen LogP contribution in [0.1, 0.15) is 49.8 Å². The van der Waals surface area contributed by atoms with Crippen LogP contribution in [0.15, 0.2) is 65.8 Å². The summed E-state index contributed by atoms with van der Waals surface area (Å²) in [5.74, 6) is -2.30. The van der Waals surface area contributed by atoms with Crippen LogP contribution < -0.4 is 18.5 Å². The third-order valence-electron chi connectivity index (χ3n) is 8.27. The van der Waals surface area contributed by atoms with E-state index in [0.29, 0.717) is 36.1 Å². The molecule has 15 heteroatoms. The maximum absolute atomic E-state index is 15.8. The van der Waals surface area contributed by atoms with Gasteiger partial charge in [-0.05, 0) is 57.7 Å². The van der Waals surface area contributed by atoms with Crippen molar-refractivity contribution in [3.05, 3.63) is 89.2 Å². The lowest BCUT2D eigenvalue weighted by Crippen LogP contribution is -2.46. The normalized spacial score (nSPS) is 16.5. The van der Waals surface area contributed by atoms with Gasteiger partial charge in [0.1, 0.15) is 34.1 Å². The lowest BCUT2D eigenvalue weighted by Gasteiger charge is -2.39. The van der Waals surface area contributed by atoms with E-state index < -0.39 is 44.0 Å². The molecule has 11 nitrogen and oxygen atoms in total. The highest BCUT2D eigenvalue weighted by Crippen LogP contribution is 2.37. The molecule has 5 rings (SSSR count). The molecule has 0 bridgehead atoms. The molecule has 4 aromatic rings. The standard InChI is InChI=1S/C35H40F2N4O7S2/c1-22-7-9-23(10-8-22)27-13-14-40(34(42)48-35(2,3)4)18-25(27)20-47-31-16-29(37)32(17-28(31)36)50(43,44)41(33-38-21-39-49-33)19-24-11-12-26(45-5)15-30(24)46-6/h7-12,15-17,21,25,27H,13-14,18-20H2,1-6H3/t25-,27-/m0/s1. The molecule has 1 aliphatic heterocycles. The number of likely N-dealkylation sites (tertiary alicyclic amines) is 1. The Morgan fingerprint density at radius 1 is 1.02 bits per heavy atom. The summed E-state index contributed by atoms with van der Waals surface area (Å²) in [5, 5.41) is -0.0583. The van der Waals surface area contributed by atoms with Crippen molar-refractivity contribution in [3.8, 4) is 17.2 Å². The van der Waals surface area contributed by atoms with Gasteiger partial charge >= 0.3 is 6.09 Å². The highest BCUT2D eigenvalue weighted by molar-refractivity contribution is 7.93. The second kappa shape index (κ2) is 15.2. The van der Waals surface area contributed by atoms with E-state index >= 15 is 8.78 Å². The molecule has 0 aliphatic carbocycles. The molecule has 268 valence electrons. The number of nitrogens with zero attached hydrogens (tertiary/aromatic N) is 4. The number of hydrogen-bond acceptors (Lipinski definition) is 10. The monoisotopic (exact) mass is 730 g/mol. The first kappa shape index (κ1) is 36.8. The summed E-state index contributed by atoms with van der Waals surface area (Å²) in [5.41, 5.74) is 1.86. The summed E-state index contributed by atoms with van der Waals surface area (Å²) >= 11 is 0.776. The van der Waals surface area contributed by atoms with Crippen LogP contribution >= 0.6 is 11.5 Å². The number of benzene rings is 3. The number of aromatic nitrogens is 2. The Kier molecular flexibility index (Phi) is 11.2. The zero-order valence-corrected chi connectivity index (χ0v) is 30.3. The van der Waals surface area contributed by atoms with E-state index in [4.69, 9.17) is 18.9 Å². The molecule has 0 radical (unpaired) electrons. The van der Waals surface area contributed by atoms with Crippen LogP contribution in [0.4, 0.5) is 18.7 Å². The molecule has 1 saturated heterocycles. The highest BCUT2D eigenvalue weighted by Gasteiger charge is 2.36. The van der Waals surface area contributed by atoms with Gasteiger partial charge in [-0.3, -0.25) is 0 Å². The Balaban J connectivity index is 1.41. The molecule has 1 aliphatic rings. The molecular formula is C35H40F2N4O7S2. The largest absolute Gasteiger partial charge is 0.497 e. The Hall–Kier alpha value is -4.50. The molecule has 2 heterocycles. The van der Waals surface area contributed by atoms with Crippen molar-refractivity contribution in [2.45, 2.75) is 57.1 Å².